The second kappa shape index (κ2) is 6.11. The molecule has 2 N–H and O–H groups in total. The Labute approximate surface area is 99.8 Å². The Bertz CT molecular complexity index is 268. The molecule has 0 aliphatic rings. The molecule has 3 nitrogen and oxygen atoms in total. The number of anilines is 1. The number of nitrogens with two attached hydrogens (primary N) is 1. The van der Waals surface area contributed by atoms with Gasteiger partial charge in [0.15, 0.2) is 0 Å². The monoisotopic (exact) mass is 310 g/mol. The molecular weight excluding hydrogens is 299 g/mol. The fraction of sp³-hybridized carbons (Fsp3) is 0.125. The molecule has 0 fully saturated rings. The Balaban J connectivity index is 0.00000144. The molecule has 0 amide bonds. The van der Waals surface area contributed by atoms with Crippen LogP contribution in [-0.4, -0.2) is 12.3 Å². The maximum atomic E-state index is 5.62. The summed E-state index contributed by atoms with van der Waals surface area (Å²) in [6.07, 6.45) is 0. The van der Waals surface area contributed by atoms with Gasteiger partial charge in [-0.25, -0.2) is 10.9 Å². The Morgan fingerprint density at radius 3 is 2.38 bits per heavy atom. The summed E-state index contributed by atoms with van der Waals surface area (Å²) < 4.78 is 4.80. The Kier molecular flexibility index (Phi) is 5.93. The van der Waals surface area contributed by atoms with Crippen LogP contribution in [0.15, 0.2) is 30.3 Å². The molecule has 72 valence electrons. The third kappa shape index (κ3) is 3.45. The molecule has 0 radical (unpaired) electrons. The number of benzene rings is 1. The first kappa shape index (κ1) is 12.6. The van der Waals surface area contributed by atoms with E-state index in [0.717, 1.165) is 5.69 Å². The maximum Gasteiger partial charge on any atom is 0.278 e. The van der Waals surface area contributed by atoms with Gasteiger partial charge in [0, 0.05) is 0 Å². The molecule has 0 aliphatic heterocycles. The first-order chi connectivity index (χ1) is 5.75. The van der Waals surface area contributed by atoms with Gasteiger partial charge in [0.05, 0.1) is 12.8 Å². The van der Waals surface area contributed by atoms with Crippen molar-refractivity contribution in [2.24, 2.45) is 5.84 Å². The van der Waals surface area contributed by atoms with Gasteiger partial charge in [-0.1, -0.05) is 18.2 Å². The van der Waals surface area contributed by atoms with E-state index in [-0.39, 0.29) is 29.2 Å². The van der Waals surface area contributed by atoms with Gasteiger partial charge >= 0.3 is 0 Å². The fourth-order valence-corrected chi connectivity index (χ4v) is 0.898. The van der Waals surface area contributed by atoms with Gasteiger partial charge in [-0.2, -0.15) is 0 Å². The average molecular weight is 310 g/mol. The highest BCUT2D eigenvalue weighted by Gasteiger charge is 2.05. The van der Waals surface area contributed by atoms with Gasteiger partial charge in [0.25, 0.3) is 5.17 Å². The number of hydrogen-bond donors (Lipinski definition) is 1. The first-order valence-corrected chi connectivity index (χ1v) is 3.84. The van der Waals surface area contributed by atoms with Crippen molar-refractivity contribution in [1.29, 1.82) is 0 Å². The summed E-state index contributed by atoms with van der Waals surface area (Å²) in [5.41, 5.74) is 0.810. The zero-order valence-corrected chi connectivity index (χ0v) is 10.3. The summed E-state index contributed by atoms with van der Waals surface area (Å²) >= 11 is 4.84. The number of methoxy groups -OCH3 is 1. The minimum atomic E-state index is 0. The van der Waals surface area contributed by atoms with E-state index in [4.69, 9.17) is 22.8 Å². The second-order valence-electron chi connectivity index (χ2n) is 2.18. The van der Waals surface area contributed by atoms with Crippen LogP contribution in [0.3, 0.4) is 0 Å². The lowest BCUT2D eigenvalue weighted by Crippen LogP contribution is -2.36. The smallest absolute Gasteiger partial charge is 0.278 e. The number of halogens is 1. The van der Waals surface area contributed by atoms with Crippen molar-refractivity contribution in [2.75, 3.05) is 12.1 Å². The minimum Gasteiger partial charge on any atom is -0.473 e. The van der Waals surface area contributed by atoms with Crippen molar-refractivity contribution in [3.8, 4) is 0 Å². The number of nitrogens with zero attached hydrogens (tertiary/aromatic N) is 1. The summed E-state index contributed by atoms with van der Waals surface area (Å²) in [5.74, 6) is 5.62. The molecule has 0 heterocycles. The quantitative estimate of drug-likeness (QED) is 0.372. The first-order valence-electron chi connectivity index (χ1n) is 3.43. The predicted octanol–water partition coefficient (Wildman–Crippen LogP) is 1.92. The van der Waals surface area contributed by atoms with Crippen LogP contribution in [0.5, 0.6) is 0 Å². The molecule has 0 atom stereocenters. The van der Waals surface area contributed by atoms with Crippen LogP contribution in [0.4, 0.5) is 5.69 Å². The topological polar surface area (TPSA) is 38.5 Å². The van der Waals surface area contributed by atoms with Gasteiger partial charge < -0.3 is 4.74 Å². The van der Waals surface area contributed by atoms with Crippen molar-refractivity contribution in [2.45, 2.75) is 0 Å². The van der Waals surface area contributed by atoms with Gasteiger partial charge in [0.2, 0.25) is 0 Å². The van der Waals surface area contributed by atoms with Crippen LogP contribution in [0.25, 0.3) is 0 Å². The standard InChI is InChI=1S/C8H10N2OS.HI/c1-11-8(12)10(9)7-5-3-2-4-6-7;/h2-6H,9H2,1H3;1H. The van der Waals surface area contributed by atoms with E-state index in [1.165, 1.54) is 12.1 Å². The Morgan fingerprint density at radius 1 is 1.38 bits per heavy atom. The Hall–Kier alpha value is -0.400. The number of para-hydroxylation sites is 1. The molecule has 0 aromatic heterocycles. The third-order valence-electron chi connectivity index (χ3n) is 1.41. The number of rotatable bonds is 1. The van der Waals surface area contributed by atoms with Crippen LogP contribution in [0.1, 0.15) is 0 Å². The summed E-state index contributed by atoms with van der Waals surface area (Å²) in [7, 11) is 1.49. The zero-order chi connectivity index (χ0) is 8.97. The molecule has 0 saturated heterocycles. The van der Waals surface area contributed by atoms with Crippen molar-refractivity contribution in [3.05, 3.63) is 30.3 Å². The summed E-state index contributed by atoms with van der Waals surface area (Å²) in [5, 5.41) is 1.57. The van der Waals surface area contributed by atoms with E-state index in [2.05, 4.69) is 0 Å². The second-order valence-corrected chi connectivity index (χ2v) is 2.52. The lowest BCUT2D eigenvalue weighted by atomic mass is 10.3. The van der Waals surface area contributed by atoms with E-state index in [1.54, 1.807) is 0 Å². The highest BCUT2D eigenvalue weighted by atomic mass is 127. The number of hydrogen-bond acceptors (Lipinski definition) is 3. The van der Waals surface area contributed by atoms with Crippen LogP contribution >= 0.6 is 36.2 Å². The van der Waals surface area contributed by atoms with Crippen LogP contribution in [0, 0.1) is 0 Å². The molecule has 0 spiro atoms. The maximum absolute atomic E-state index is 5.62. The van der Waals surface area contributed by atoms with Crippen molar-refractivity contribution < 1.29 is 4.74 Å². The van der Waals surface area contributed by atoms with E-state index >= 15 is 0 Å². The summed E-state index contributed by atoms with van der Waals surface area (Å²) in [6, 6.07) is 9.38. The largest absolute Gasteiger partial charge is 0.473 e. The van der Waals surface area contributed by atoms with Crippen LogP contribution in [0.2, 0.25) is 0 Å². The van der Waals surface area contributed by atoms with Crippen LogP contribution in [-0.2, 0) is 4.74 Å². The summed E-state index contributed by atoms with van der Waals surface area (Å²) in [4.78, 5) is 0. The molecular formula is C8H11IN2OS. The number of hydrazine groups is 1. The zero-order valence-electron chi connectivity index (χ0n) is 7.14. The molecule has 1 rings (SSSR count). The summed E-state index contributed by atoms with van der Waals surface area (Å²) in [6.45, 7) is 0. The van der Waals surface area contributed by atoms with E-state index in [1.807, 2.05) is 30.3 Å². The van der Waals surface area contributed by atoms with Crippen molar-refractivity contribution in [3.63, 3.8) is 0 Å². The molecule has 1 aromatic carbocycles. The van der Waals surface area contributed by atoms with Gasteiger partial charge in [-0.3, -0.25) is 0 Å². The van der Waals surface area contributed by atoms with Gasteiger partial charge in [0.1, 0.15) is 0 Å². The lowest BCUT2D eigenvalue weighted by Gasteiger charge is -2.16. The molecule has 13 heavy (non-hydrogen) atoms. The van der Waals surface area contributed by atoms with Crippen LogP contribution < -0.4 is 10.9 Å². The molecule has 5 heteroatoms. The Morgan fingerprint density at radius 2 is 1.92 bits per heavy atom. The van der Waals surface area contributed by atoms with E-state index in [0.29, 0.717) is 0 Å². The van der Waals surface area contributed by atoms with Crippen molar-refractivity contribution >= 4 is 47.1 Å². The van der Waals surface area contributed by atoms with E-state index in [9.17, 15) is 0 Å². The SMILES string of the molecule is COC(=S)N(N)c1ccccc1.I. The molecule has 0 unspecified atom stereocenters. The normalized spacial score (nSPS) is 8.46. The highest BCUT2D eigenvalue weighted by molar-refractivity contribution is 14.0. The number of thiocarbonyl (C=S) groups is 1. The van der Waals surface area contributed by atoms with Crippen molar-refractivity contribution in [1.82, 2.24) is 0 Å². The van der Waals surface area contributed by atoms with E-state index < -0.39 is 0 Å². The average Bonchev–Trinajstić information content (AvgIpc) is 2.17. The van der Waals surface area contributed by atoms with Gasteiger partial charge in [-0.15, -0.1) is 24.0 Å². The highest BCUT2D eigenvalue weighted by Crippen LogP contribution is 2.09. The predicted molar refractivity (Wildman–Crippen MR) is 68.1 cm³/mol. The lowest BCUT2D eigenvalue weighted by molar-refractivity contribution is 0.403. The fourth-order valence-electron chi connectivity index (χ4n) is 0.792. The number of ether oxygens (including phenoxy) is 1. The third-order valence-corrected chi connectivity index (χ3v) is 1.77. The van der Waals surface area contributed by atoms with Gasteiger partial charge in [-0.05, 0) is 24.4 Å². The molecule has 1 aromatic rings. The molecule has 0 saturated carbocycles. The molecule has 0 aliphatic carbocycles. The molecule has 0 bridgehead atoms. The minimum absolute atomic E-state index is 0.